The summed E-state index contributed by atoms with van der Waals surface area (Å²) in [7, 11) is 0. The molecule has 2 unspecified atom stereocenters. The molecule has 2 atom stereocenters. The number of nitrogens with zero attached hydrogens (tertiary/aromatic N) is 1. The van der Waals surface area contributed by atoms with E-state index in [4.69, 9.17) is 0 Å². The van der Waals surface area contributed by atoms with E-state index in [1.807, 2.05) is 0 Å². The Kier molecular flexibility index (Phi) is 4.02. The first kappa shape index (κ1) is 13.8. The molecule has 1 fully saturated rings. The summed E-state index contributed by atoms with van der Waals surface area (Å²) in [5.74, 6) is 0.407. The number of nitrogens with one attached hydrogen (secondary N) is 1. The van der Waals surface area contributed by atoms with Crippen molar-refractivity contribution in [1.29, 1.82) is 0 Å². The smallest absolute Gasteiger partial charge is 0.274 e. The van der Waals surface area contributed by atoms with Gasteiger partial charge < -0.3 is 5.32 Å². The van der Waals surface area contributed by atoms with Gasteiger partial charge in [-0.25, -0.2) is 4.39 Å². The fourth-order valence-corrected chi connectivity index (χ4v) is 2.92. The number of hydrogen-bond donors (Lipinski definition) is 1. The zero-order chi connectivity index (χ0) is 14.0. The first-order valence-corrected chi connectivity index (χ1v) is 6.69. The number of benzene rings is 1. The molecule has 0 spiro atoms. The van der Waals surface area contributed by atoms with Crippen LogP contribution >= 0.6 is 0 Å². The third-order valence-electron chi connectivity index (χ3n) is 3.97. The molecule has 1 saturated carbocycles. The zero-order valence-corrected chi connectivity index (χ0v) is 11.2. The minimum Gasteiger partial charge on any atom is -0.381 e. The Hall–Kier alpha value is -1.65. The Balaban J connectivity index is 2.20. The van der Waals surface area contributed by atoms with Crippen LogP contribution in [-0.2, 0) is 0 Å². The first-order valence-electron chi connectivity index (χ1n) is 6.69. The lowest BCUT2D eigenvalue weighted by Gasteiger charge is -2.35. The highest BCUT2D eigenvalue weighted by atomic mass is 19.1. The number of halogens is 1. The summed E-state index contributed by atoms with van der Waals surface area (Å²) in [6, 6.07) is 3.91. The average molecular weight is 266 g/mol. The van der Waals surface area contributed by atoms with Gasteiger partial charge in [0.25, 0.3) is 5.69 Å². The molecule has 0 bridgehead atoms. The minimum atomic E-state index is -0.576. The van der Waals surface area contributed by atoms with Crippen LogP contribution in [-0.4, -0.2) is 11.0 Å². The monoisotopic (exact) mass is 266 g/mol. The van der Waals surface area contributed by atoms with Crippen molar-refractivity contribution in [3.8, 4) is 0 Å². The molecule has 1 aromatic carbocycles. The quantitative estimate of drug-likeness (QED) is 0.665. The van der Waals surface area contributed by atoms with E-state index in [0.717, 1.165) is 18.9 Å². The summed E-state index contributed by atoms with van der Waals surface area (Å²) in [4.78, 5) is 10.2. The number of rotatable bonds is 3. The molecule has 1 aliphatic rings. The van der Waals surface area contributed by atoms with Gasteiger partial charge in [-0.3, -0.25) is 10.1 Å². The summed E-state index contributed by atoms with van der Waals surface area (Å²) in [6.45, 7) is 4.34. The Labute approximate surface area is 112 Å². The summed E-state index contributed by atoms with van der Waals surface area (Å²) < 4.78 is 13.4. The highest BCUT2D eigenvalue weighted by Gasteiger charge is 2.27. The maximum Gasteiger partial charge on any atom is 0.274 e. The number of nitro groups is 1. The molecule has 1 aromatic rings. The van der Waals surface area contributed by atoms with Crippen LogP contribution in [0.2, 0.25) is 0 Å². The van der Waals surface area contributed by atoms with Gasteiger partial charge in [0, 0.05) is 17.8 Å². The van der Waals surface area contributed by atoms with E-state index in [1.54, 1.807) is 0 Å². The lowest BCUT2D eigenvalue weighted by Crippen LogP contribution is -2.37. The van der Waals surface area contributed by atoms with E-state index < -0.39 is 10.7 Å². The molecule has 0 heterocycles. The molecule has 19 heavy (non-hydrogen) atoms. The van der Waals surface area contributed by atoms with Crippen LogP contribution < -0.4 is 5.32 Å². The predicted molar refractivity (Wildman–Crippen MR) is 72.6 cm³/mol. The van der Waals surface area contributed by atoms with Gasteiger partial charge in [0.2, 0.25) is 0 Å². The fraction of sp³-hybridized carbons (Fsp3) is 0.571. The Morgan fingerprint density at radius 1 is 1.26 bits per heavy atom. The third-order valence-corrected chi connectivity index (χ3v) is 3.97. The molecular weight excluding hydrogens is 247 g/mol. The lowest BCUT2D eigenvalue weighted by molar-refractivity contribution is -0.385. The van der Waals surface area contributed by atoms with Crippen molar-refractivity contribution >= 4 is 11.4 Å². The molecule has 0 aliphatic heterocycles. The second kappa shape index (κ2) is 5.55. The van der Waals surface area contributed by atoms with E-state index in [1.165, 1.54) is 18.6 Å². The number of hydrogen-bond acceptors (Lipinski definition) is 3. The Bertz CT molecular complexity index is 469. The van der Waals surface area contributed by atoms with E-state index >= 15 is 0 Å². The van der Waals surface area contributed by atoms with Gasteiger partial charge in [-0.05, 0) is 30.7 Å². The molecule has 0 saturated heterocycles. The van der Waals surface area contributed by atoms with Crippen LogP contribution in [0.4, 0.5) is 15.8 Å². The topological polar surface area (TPSA) is 55.2 Å². The highest BCUT2D eigenvalue weighted by Crippen LogP contribution is 2.32. The van der Waals surface area contributed by atoms with Crippen LogP contribution in [0, 0.1) is 27.8 Å². The molecule has 2 rings (SSSR count). The Morgan fingerprint density at radius 2 is 1.89 bits per heavy atom. The maximum absolute atomic E-state index is 13.4. The molecular formula is C14H19FN2O2. The van der Waals surface area contributed by atoms with Crippen molar-refractivity contribution in [2.45, 2.75) is 39.2 Å². The molecule has 4 nitrogen and oxygen atoms in total. The van der Waals surface area contributed by atoms with Crippen molar-refractivity contribution in [2.75, 3.05) is 5.32 Å². The Morgan fingerprint density at radius 3 is 2.47 bits per heavy atom. The third kappa shape index (κ3) is 3.22. The van der Waals surface area contributed by atoms with Gasteiger partial charge in [0.15, 0.2) is 0 Å². The van der Waals surface area contributed by atoms with E-state index in [0.29, 0.717) is 17.5 Å². The van der Waals surface area contributed by atoms with Gasteiger partial charge >= 0.3 is 0 Å². The summed E-state index contributed by atoms with van der Waals surface area (Å²) in [6.07, 6.45) is 3.49. The van der Waals surface area contributed by atoms with Gasteiger partial charge in [-0.15, -0.1) is 0 Å². The van der Waals surface area contributed by atoms with Gasteiger partial charge in [-0.1, -0.05) is 20.3 Å². The van der Waals surface area contributed by atoms with Crippen LogP contribution in [0.25, 0.3) is 0 Å². The molecule has 0 radical (unpaired) electrons. The SMILES string of the molecule is CC1CCCC(C)C1Nc1cc(F)cc([N+](=O)[O-])c1. The zero-order valence-electron chi connectivity index (χ0n) is 11.2. The van der Waals surface area contributed by atoms with E-state index in [-0.39, 0.29) is 11.7 Å². The number of nitro benzene ring substituents is 1. The van der Waals surface area contributed by atoms with E-state index in [9.17, 15) is 14.5 Å². The average Bonchev–Trinajstić information content (AvgIpc) is 2.33. The van der Waals surface area contributed by atoms with Crippen LogP contribution in [0.3, 0.4) is 0 Å². The van der Waals surface area contributed by atoms with E-state index in [2.05, 4.69) is 19.2 Å². The summed E-state index contributed by atoms with van der Waals surface area (Å²) >= 11 is 0. The van der Waals surface area contributed by atoms with Crippen molar-refractivity contribution in [3.63, 3.8) is 0 Å². The normalized spacial score (nSPS) is 27.0. The predicted octanol–water partition coefficient (Wildman–Crippen LogP) is 3.97. The second-order valence-electron chi connectivity index (χ2n) is 5.51. The first-order chi connectivity index (χ1) is 8.97. The van der Waals surface area contributed by atoms with Crippen LogP contribution in [0.15, 0.2) is 18.2 Å². The van der Waals surface area contributed by atoms with Crippen LogP contribution in [0.1, 0.15) is 33.1 Å². The van der Waals surface area contributed by atoms with Crippen molar-refractivity contribution in [3.05, 3.63) is 34.1 Å². The molecule has 5 heteroatoms. The van der Waals surface area contributed by atoms with Crippen molar-refractivity contribution in [2.24, 2.45) is 11.8 Å². The van der Waals surface area contributed by atoms with Gasteiger partial charge in [-0.2, -0.15) is 0 Å². The second-order valence-corrected chi connectivity index (χ2v) is 5.51. The summed E-state index contributed by atoms with van der Waals surface area (Å²) in [5.41, 5.74) is 0.288. The highest BCUT2D eigenvalue weighted by molar-refractivity contribution is 5.52. The number of non-ortho nitro benzene ring substituents is 1. The summed E-state index contributed by atoms with van der Waals surface area (Å²) in [5, 5.41) is 14.0. The fourth-order valence-electron chi connectivity index (χ4n) is 2.92. The van der Waals surface area contributed by atoms with Gasteiger partial charge in [0.1, 0.15) is 5.82 Å². The molecule has 0 aromatic heterocycles. The van der Waals surface area contributed by atoms with Crippen molar-refractivity contribution < 1.29 is 9.31 Å². The van der Waals surface area contributed by atoms with Gasteiger partial charge in [0.05, 0.1) is 11.0 Å². The molecule has 104 valence electrons. The molecule has 0 amide bonds. The maximum atomic E-state index is 13.4. The number of anilines is 1. The molecule has 1 N–H and O–H groups in total. The molecule has 1 aliphatic carbocycles. The lowest BCUT2D eigenvalue weighted by atomic mass is 9.78. The standard InChI is InChI=1S/C14H19FN2O2/c1-9-4-3-5-10(2)14(9)16-12-6-11(15)7-13(8-12)17(18)19/h6-10,14,16H,3-5H2,1-2H3. The van der Waals surface area contributed by atoms with Crippen molar-refractivity contribution in [1.82, 2.24) is 0 Å². The largest absolute Gasteiger partial charge is 0.381 e. The van der Waals surface area contributed by atoms with Crippen LogP contribution in [0.5, 0.6) is 0 Å². The minimum absolute atomic E-state index is 0.210.